The molecule has 0 aromatic carbocycles. The number of nitrogens with one attached hydrogen (secondary N) is 1. The highest BCUT2D eigenvalue weighted by Crippen LogP contribution is 2.18. The molecule has 1 aliphatic heterocycles. The molecule has 5 nitrogen and oxygen atoms in total. The summed E-state index contributed by atoms with van der Waals surface area (Å²) < 4.78 is 6.05. The molecule has 88 valence electrons. The number of H-pyrrole nitrogens is 1. The Bertz CT molecular complexity index is 421. The average molecular weight is 288 g/mol. The Kier molecular flexibility index (Phi) is 3.73. The lowest BCUT2D eigenvalue weighted by Crippen LogP contribution is -2.39. The molecule has 16 heavy (non-hydrogen) atoms. The molecule has 0 amide bonds. The fraction of sp³-hybridized carbons (Fsp3) is 0.600. The predicted molar refractivity (Wildman–Crippen MR) is 63.4 cm³/mol. The zero-order chi connectivity index (χ0) is 11.5. The van der Waals surface area contributed by atoms with Crippen LogP contribution in [-0.2, 0) is 4.74 Å². The molecule has 1 aliphatic rings. The molecule has 2 rings (SSSR count). The SMILES string of the molecule is CCN1CCOC(c2ncc(Br)c(=O)[nH]2)C1. The van der Waals surface area contributed by atoms with E-state index in [1.165, 1.54) is 6.20 Å². The zero-order valence-electron chi connectivity index (χ0n) is 9.07. The van der Waals surface area contributed by atoms with E-state index in [4.69, 9.17) is 4.74 Å². The molecule has 1 aromatic heterocycles. The molecular formula is C10H14BrN3O2. The van der Waals surface area contributed by atoms with Crippen molar-refractivity contribution in [3.8, 4) is 0 Å². The highest BCUT2D eigenvalue weighted by Gasteiger charge is 2.22. The molecule has 2 heterocycles. The first-order valence-corrected chi connectivity index (χ1v) is 6.08. The minimum atomic E-state index is -0.165. The summed E-state index contributed by atoms with van der Waals surface area (Å²) in [7, 11) is 0. The van der Waals surface area contributed by atoms with Gasteiger partial charge in [0.25, 0.3) is 5.56 Å². The van der Waals surface area contributed by atoms with Crippen LogP contribution in [0.3, 0.4) is 0 Å². The molecule has 1 fully saturated rings. The Hall–Kier alpha value is -0.720. The molecule has 0 aliphatic carbocycles. The van der Waals surface area contributed by atoms with Gasteiger partial charge in [-0.3, -0.25) is 9.69 Å². The Labute approximate surface area is 102 Å². The smallest absolute Gasteiger partial charge is 0.265 e. The van der Waals surface area contributed by atoms with E-state index in [9.17, 15) is 4.79 Å². The van der Waals surface area contributed by atoms with Crippen molar-refractivity contribution in [2.75, 3.05) is 26.2 Å². The standard InChI is InChI=1S/C10H14BrN3O2/c1-2-14-3-4-16-8(6-14)9-12-5-7(11)10(15)13-9/h5,8H,2-4,6H2,1H3,(H,12,13,15). The number of rotatable bonds is 2. The fourth-order valence-corrected chi connectivity index (χ4v) is 1.91. The van der Waals surface area contributed by atoms with Crippen molar-refractivity contribution >= 4 is 15.9 Å². The van der Waals surface area contributed by atoms with Crippen LogP contribution in [0.4, 0.5) is 0 Å². The van der Waals surface area contributed by atoms with Crippen molar-refractivity contribution in [1.82, 2.24) is 14.9 Å². The van der Waals surface area contributed by atoms with Gasteiger partial charge in [0, 0.05) is 19.3 Å². The summed E-state index contributed by atoms with van der Waals surface area (Å²) >= 11 is 3.12. The van der Waals surface area contributed by atoms with Crippen LogP contribution in [0, 0.1) is 0 Å². The number of morpholine rings is 1. The van der Waals surface area contributed by atoms with E-state index >= 15 is 0 Å². The molecule has 6 heteroatoms. The molecule has 0 spiro atoms. The van der Waals surface area contributed by atoms with Gasteiger partial charge in [0.15, 0.2) is 0 Å². The molecule has 1 saturated heterocycles. The lowest BCUT2D eigenvalue weighted by atomic mass is 10.2. The lowest BCUT2D eigenvalue weighted by Gasteiger charge is -2.31. The maximum Gasteiger partial charge on any atom is 0.265 e. The van der Waals surface area contributed by atoms with E-state index in [2.05, 4.69) is 37.7 Å². The number of aromatic amines is 1. The van der Waals surface area contributed by atoms with Gasteiger partial charge in [0.1, 0.15) is 16.4 Å². The molecule has 0 saturated carbocycles. The summed E-state index contributed by atoms with van der Waals surface area (Å²) in [5.41, 5.74) is -0.165. The van der Waals surface area contributed by atoms with Gasteiger partial charge < -0.3 is 9.72 Å². The Morgan fingerprint density at radius 3 is 3.25 bits per heavy atom. The van der Waals surface area contributed by atoms with E-state index in [1.54, 1.807) is 0 Å². The number of aromatic nitrogens is 2. The van der Waals surface area contributed by atoms with Crippen molar-refractivity contribution in [2.24, 2.45) is 0 Å². The van der Waals surface area contributed by atoms with Gasteiger partial charge in [0.2, 0.25) is 0 Å². The second kappa shape index (κ2) is 5.07. The van der Waals surface area contributed by atoms with Gasteiger partial charge in [-0.1, -0.05) is 6.92 Å². The highest BCUT2D eigenvalue weighted by atomic mass is 79.9. The Morgan fingerprint density at radius 2 is 2.56 bits per heavy atom. The third-order valence-electron chi connectivity index (χ3n) is 2.68. The molecule has 1 unspecified atom stereocenters. The Balaban J connectivity index is 2.17. The largest absolute Gasteiger partial charge is 0.368 e. The first kappa shape index (κ1) is 11.8. The number of nitrogens with zero attached hydrogens (tertiary/aromatic N) is 2. The van der Waals surface area contributed by atoms with Gasteiger partial charge >= 0.3 is 0 Å². The van der Waals surface area contributed by atoms with E-state index in [0.717, 1.165) is 19.6 Å². The van der Waals surface area contributed by atoms with Crippen molar-refractivity contribution in [2.45, 2.75) is 13.0 Å². The first-order chi connectivity index (χ1) is 7.70. The van der Waals surface area contributed by atoms with Gasteiger partial charge in [-0.25, -0.2) is 4.98 Å². The second-order valence-electron chi connectivity index (χ2n) is 3.70. The Morgan fingerprint density at radius 1 is 1.75 bits per heavy atom. The maximum absolute atomic E-state index is 11.4. The molecule has 0 bridgehead atoms. The minimum Gasteiger partial charge on any atom is -0.368 e. The van der Waals surface area contributed by atoms with Crippen LogP contribution in [0.1, 0.15) is 18.9 Å². The van der Waals surface area contributed by atoms with Crippen molar-refractivity contribution in [3.05, 3.63) is 26.8 Å². The number of likely N-dealkylation sites (N-methyl/N-ethyl adjacent to an activating group) is 1. The highest BCUT2D eigenvalue weighted by molar-refractivity contribution is 9.10. The second-order valence-corrected chi connectivity index (χ2v) is 4.55. The quantitative estimate of drug-likeness (QED) is 0.879. The predicted octanol–water partition coefficient (Wildman–Crippen LogP) is 0.926. The number of halogens is 1. The topological polar surface area (TPSA) is 58.2 Å². The molecular weight excluding hydrogens is 274 g/mol. The normalized spacial score (nSPS) is 22.2. The van der Waals surface area contributed by atoms with Crippen LogP contribution >= 0.6 is 15.9 Å². The van der Waals surface area contributed by atoms with Crippen LogP contribution in [0.25, 0.3) is 0 Å². The monoisotopic (exact) mass is 287 g/mol. The van der Waals surface area contributed by atoms with E-state index in [0.29, 0.717) is 16.9 Å². The van der Waals surface area contributed by atoms with Crippen LogP contribution in [0.2, 0.25) is 0 Å². The van der Waals surface area contributed by atoms with Gasteiger partial charge in [-0.05, 0) is 22.5 Å². The fourth-order valence-electron chi connectivity index (χ4n) is 1.71. The molecule has 1 aromatic rings. The van der Waals surface area contributed by atoms with Crippen molar-refractivity contribution in [1.29, 1.82) is 0 Å². The summed E-state index contributed by atoms with van der Waals surface area (Å²) in [5, 5.41) is 0. The van der Waals surface area contributed by atoms with Crippen LogP contribution in [0.15, 0.2) is 15.5 Å². The lowest BCUT2D eigenvalue weighted by molar-refractivity contribution is -0.0327. The van der Waals surface area contributed by atoms with Gasteiger partial charge in [0.05, 0.1) is 6.61 Å². The average Bonchev–Trinajstić information content (AvgIpc) is 2.33. The summed E-state index contributed by atoms with van der Waals surface area (Å²) in [6.07, 6.45) is 1.39. The summed E-state index contributed by atoms with van der Waals surface area (Å²) in [4.78, 5) is 20.6. The third kappa shape index (κ3) is 2.50. The molecule has 0 radical (unpaired) electrons. The molecule has 1 atom stereocenters. The van der Waals surface area contributed by atoms with Crippen LogP contribution in [0.5, 0.6) is 0 Å². The summed E-state index contributed by atoms with van der Waals surface area (Å²) in [6, 6.07) is 0. The van der Waals surface area contributed by atoms with E-state index in [1.807, 2.05) is 0 Å². The first-order valence-electron chi connectivity index (χ1n) is 5.29. The van der Waals surface area contributed by atoms with Crippen LogP contribution in [-0.4, -0.2) is 41.1 Å². The number of hydrogen-bond acceptors (Lipinski definition) is 4. The van der Waals surface area contributed by atoms with Crippen molar-refractivity contribution < 1.29 is 4.74 Å². The van der Waals surface area contributed by atoms with Gasteiger partial charge in [-0.2, -0.15) is 0 Å². The van der Waals surface area contributed by atoms with Gasteiger partial charge in [-0.15, -0.1) is 0 Å². The third-order valence-corrected chi connectivity index (χ3v) is 3.24. The van der Waals surface area contributed by atoms with Crippen molar-refractivity contribution in [3.63, 3.8) is 0 Å². The van der Waals surface area contributed by atoms with Crippen LogP contribution < -0.4 is 5.56 Å². The summed E-state index contributed by atoms with van der Waals surface area (Å²) in [5.74, 6) is 0.603. The van der Waals surface area contributed by atoms with E-state index < -0.39 is 0 Å². The van der Waals surface area contributed by atoms with E-state index in [-0.39, 0.29) is 11.7 Å². The summed E-state index contributed by atoms with van der Waals surface area (Å²) in [6.45, 7) is 5.49. The molecule has 1 N–H and O–H groups in total. The number of hydrogen-bond donors (Lipinski definition) is 1. The minimum absolute atomic E-state index is 0.130. The zero-order valence-corrected chi connectivity index (χ0v) is 10.7. The number of ether oxygens (including phenoxy) is 1. The maximum atomic E-state index is 11.4.